The molecule has 10 heteroatoms. The summed E-state index contributed by atoms with van der Waals surface area (Å²) in [7, 11) is -2.65. The van der Waals surface area contributed by atoms with Crippen LogP contribution in [0, 0.1) is 0 Å². The molecule has 1 unspecified atom stereocenters. The number of sulfonamides is 1. The van der Waals surface area contributed by atoms with Crippen molar-refractivity contribution in [2.75, 3.05) is 24.6 Å². The lowest BCUT2D eigenvalue weighted by molar-refractivity contribution is -0.141. The Morgan fingerprint density at radius 3 is 2.21 bits per heavy atom. The van der Waals surface area contributed by atoms with Crippen LogP contribution in [0.3, 0.4) is 0 Å². The van der Waals surface area contributed by atoms with Crippen molar-refractivity contribution in [2.45, 2.75) is 64.1 Å². The van der Waals surface area contributed by atoms with Crippen molar-refractivity contribution in [3.05, 3.63) is 84.4 Å². The topological polar surface area (TPSA) is 105 Å². The number of hydrogen-bond donors (Lipinski definition) is 1. The van der Waals surface area contributed by atoms with Gasteiger partial charge in [-0.3, -0.25) is 13.9 Å². The molecule has 0 radical (unpaired) electrons. The van der Waals surface area contributed by atoms with Gasteiger partial charge in [0.15, 0.2) is 0 Å². The lowest BCUT2D eigenvalue weighted by Crippen LogP contribution is -2.55. The minimum absolute atomic E-state index is 0.0287. The fourth-order valence-corrected chi connectivity index (χ4v) is 5.96. The average Bonchev–Trinajstić information content (AvgIpc) is 2.96. The van der Waals surface area contributed by atoms with Crippen molar-refractivity contribution in [3.8, 4) is 11.5 Å². The fourth-order valence-electron chi connectivity index (χ4n) is 4.51. The Hall–Kier alpha value is -4.05. The average molecular weight is 596 g/mol. The maximum atomic E-state index is 14.3. The first-order valence-corrected chi connectivity index (χ1v) is 15.4. The van der Waals surface area contributed by atoms with Gasteiger partial charge in [0.1, 0.15) is 24.1 Å². The summed E-state index contributed by atoms with van der Waals surface area (Å²) in [6, 6.07) is 21.0. The molecule has 0 saturated carbocycles. The minimum Gasteiger partial charge on any atom is -0.497 e. The van der Waals surface area contributed by atoms with E-state index in [1.54, 1.807) is 74.7 Å². The van der Waals surface area contributed by atoms with Crippen LogP contribution in [-0.2, 0) is 26.2 Å². The van der Waals surface area contributed by atoms with E-state index in [-0.39, 0.29) is 23.0 Å². The molecule has 226 valence electrons. The summed E-state index contributed by atoms with van der Waals surface area (Å²) in [4.78, 5) is 29.2. The van der Waals surface area contributed by atoms with E-state index in [0.29, 0.717) is 24.5 Å². The predicted octanol–water partition coefficient (Wildman–Crippen LogP) is 5.01. The summed E-state index contributed by atoms with van der Waals surface area (Å²) in [6.45, 7) is 9.04. The molecule has 3 rings (SSSR count). The standard InChI is InChI=1S/C32H41N3O6S/c1-7-27(31(37)33-32(3,4)5)34(22-24-15-14-16-25(21-24)40-6)30(36)23-35(28-19-12-13-20-29(28)41-8-2)42(38,39)26-17-10-9-11-18-26/h9-21,27H,7-8,22-23H2,1-6H3,(H,33,37). The number of nitrogens with one attached hydrogen (secondary N) is 1. The lowest BCUT2D eigenvalue weighted by atomic mass is 10.1. The van der Waals surface area contributed by atoms with E-state index < -0.39 is 34.1 Å². The quantitative estimate of drug-likeness (QED) is 0.298. The second-order valence-corrected chi connectivity index (χ2v) is 12.6. The summed E-state index contributed by atoms with van der Waals surface area (Å²) < 4.78 is 40.3. The van der Waals surface area contributed by atoms with Gasteiger partial charge in [0.25, 0.3) is 10.0 Å². The third-order valence-corrected chi connectivity index (χ3v) is 8.19. The van der Waals surface area contributed by atoms with Gasteiger partial charge in [0.2, 0.25) is 11.8 Å². The van der Waals surface area contributed by atoms with Gasteiger partial charge in [0.05, 0.1) is 24.3 Å². The van der Waals surface area contributed by atoms with Gasteiger partial charge in [-0.25, -0.2) is 8.42 Å². The maximum absolute atomic E-state index is 14.3. The van der Waals surface area contributed by atoms with Gasteiger partial charge in [-0.1, -0.05) is 49.4 Å². The molecule has 42 heavy (non-hydrogen) atoms. The van der Waals surface area contributed by atoms with Crippen LogP contribution in [0.2, 0.25) is 0 Å². The molecule has 0 bridgehead atoms. The molecule has 0 saturated heterocycles. The monoisotopic (exact) mass is 595 g/mol. The van der Waals surface area contributed by atoms with Crippen LogP contribution in [-0.4, -0.2) is 57.0 Å². The van der Waals surface area contributed by atoms with E-state index in [0.717, 1.165) is 9.87 Å². The normalized spacial score (nSPS) is 12.2. The van der Waals surface area contributed by atoms with Crippen LogP contribution in [0.1, 0.15) is 46.6 Å². The first-order chi connectivity index (χ1) is 19.9. The van der Waals surface area contributed by atoms with E-state index in [2.05, 4.69) is 5.32 Å². The van der Waals surface area contributed by atoms with Crippen LogP contribution < -0.4 is 19.1 Å². The number of carbonyl (C=O) groups excluding carboxylic acids is 2. The van der Waals surface area contributed by atoms with E-state index in [4.69, 9.17) is 9.47 Å². The summed E-state index contributed by atoms with van der Waals surface area (Å²) in [5, 5.41) is 2.97. The number of nitrogens with zero attached hydrogens (tertiary/aromatic N) is 2. The molecule has 3 aromatic rings. The molecular weight excluding hydrogens is 554 g/mol. The van der Waals surface area contributed by atoms with Crippen LogP contribution in [0.25, 0.3) is 0 Å². The van der Waals surface area contributed by atoms with Crippen LogP contribution in [0.15, 0.2) is 83.8 Å². The van der Waals surface area contributed by atoms with Gasteiger partial charge < -0.3 is 19.7 Å². The number of hydrogen-bond acceptors (Lipinski definition) is 6. The zero-order valence-electron chi connectivity index (χ0n) is 25.2. The van der Waals surface area contributed by atoms with Crippen LogP contribution in [0.5, 0.6) is 11.5 Å². The zero-order valence-corrected chi connectivity index (χ0v) is 26.0. The van der Waals surface area contributed by atoms with E-state index in [1.807, 2.05) is 33.8 Å². The number of rotatable bonds is 13. The molecule has 9 nitrogen and oxygen atoms in total. The predicted molar refractivity (Wildman–Crippen MR) is 164 cm³/mol. The first kappa shape index (κ1) is 32.5. The van der Waals surface area contributed by atoms with Crippen molar-refractivity contribution in [2.24, 2.45) is 0 Å². The molecule has 0 aliphatic heterocycles. The van der Waals surface area contributed by atoms with Gasteiger partial charge >= 0.3 is 0 Å². The number of methoxy groups -OCH3 is 1. The number of para-hydroxylation sites is 2. The number of carbonyl (C=O) groups is 2. The maximum Gasteiger partial charge on any atom is 0.264 e. The number of benzene rings is 3. The lowest BCUT2D eigenvalue weighted by Gasteiger charge is -2.35. The number of amides is 2. The van der Waals surface area contributed by atoms with Crippen LogP contribution in [0.4, 0.5) is 5.69 Å². The molecule has 0 heterocycles. The third kappa shape index (κ3) is 8.25. The van der Waals surface area contributed by atoms with Crippen molar-refractivity contribution in [3.63, 3.8) is 0 Å². The molecule has 1 atom stereocenters. The molecular formula is C32H41N3O6S. The molecule has 1 N–H and O–H groups in total. The molecule has 3 aromatic carbocycles. The van der Waals surface area contributed by atoms with Crippen molar-refractivity contribution < 1.29 is 27.5 Å². The Bertz CT molecular complexity index is 1450. The minimum atomic E-state index is -4.20. The molecule has 0 fully saturated rings. The summed E-state index contributed by atoms with van der Waals surface area (Å²) >= 11 is 0. The van der Waals surface area contributed by atoms with Crippen molar-refractivity contribution in [1.82, 2.24) is 10.2 Å². The first-order valence-electron chi connectivity index (χ1n) is 13.9. The van der Waals surface area contributed by atoms with E-state index >= 15 is 0 Å². The highest BCUT2D eigenvalue weighted by Gasteiger charge is 2.35. The zero-order chi connectivity index (χ0) is 30.9. The molecule has 0 aliphatic rings. The molecule has 2 amide bonds. The second-order valence-electron chi connectivity index (χ2n) is 10.8. The van der Waals surface area contributed by atoms with Gasteiger partial charge in [0, 0.05) is 12.1 Å². The second kappa shape index (κ2) is 14.2. The smallest absolute Gasteiger partial charge is 0.264 e. The van der Waals surface area contributed by atoms with Crippen molar-refractivity contribution in [1.29, 1.82) is 0 Å². The highest BCUT2D eigenvalue weighted by Crippen LogP contribution is 2.33. The Labute approximate surface area is 249 Å². The number of anilines is 1. The number of ether oxygens (including phenoxy) is 2. The van der Waals surface area contributed by atoms with E-state index in [1.165, 1.54) is 17.0 Å². The Morgan fingerprint density at radius 1 is 0.929 bits per heavy atom. The van der Waals surface area contributed by atoms with Crippen LogP contribution >= 0.6 is 0 Å². The molecule has 0 spiro atoms. The highest BCUT2D eigenvalue weighted by atomic mass is 32.2. The van der Waals surface area contributed by atoms with Crippen molar-refractivity contribution >= 4 is 27.5 Å². The Balaban J connectivity index is 2.12. The Kier molecular flexibility index (Phi) is 11.0. The van der Waals surface area contributed by atoms with Gasteiger partial charge in [-0.05, 0) is 76.1 Å². The van der Waals surface area contributed by atoms with E-state index in [9.17, 15) is 18.0 Å². The summed E-state index contributed by atoms with van der Waals surface area (Å²) in [6.07, 6.45) is 0.318. The third-order valence-electron chi connectivity index (χ3n) is 6.42. The molecule has 0 aromatic heterocycles. The Morgan fingerprint density at radius 2 is 1.60 bits per heavy atom. The fraction of sp³-hybridized carbons (Fsp3) is 0.375. The highest BCUT2D eigenvalue weighted by molar-refractivity contribution is 7.92. The SMILES string of the molecule is CCOc1ccccc1N(CC(=O)N(Cc1cccc(OC)c1)C(CC)C(=O)NC(C)(C)C)S(=O)(=O)c1ccccc1. The van der Waals surface area contributed by atoms with Gasteiger partial charge in [-0.2, -0.15) is 0 Å². The summed E-state index contributed by atoms with van der Waals surface area (Å²) in [5.74, 6) is 0.0585. The largest absolute Gasteiger partial charge is 0.497 e. The summed E-state index contributed by atoms with van der Waals surface area (Å²) in [5.41, 5.74) is 0.427. The van der Waals surface area contributed by atoms with Gasteiger partial charge in [-0.15, -0.1) is 0 Å². The molecule has 0 aliphatic carbocycles.